The molecule has 0 aliphatic rings. The summed E-state index contributed by atoms with van der Waals surface area (Å²) in [6.07, 6.45) is 0. The number of nitrogen functional groups attached to an aromatic ring is 1. The number of hydrogen-bond donors (Lipinski definition) is 1. The van der Waals surface area contributed by atoms with E-state index in [1.54, 1.807) is 11.8 Å². The van der Waals surface area contributed by atoms with Crippen molar-refractivity contribution in [2.45, 2.75) is 36.8 Å². The van der Waals surface area contributed by atoms with E-state index in [2.05, 4.69) is 35.7 Å². The minimum atomic E-state index is -0.146. The molecule has 0 radical (unpaired) electrons. The van der Waals surface area contributed by atoms with Crippen LogP contribution in [0.1, 0.15) is 32.4 Å². The molecule has 4 nitrogen and oxygen atoms in total. The van der Waals surface area contributed by atoms with Gasteiger partial charge in [0.1, 0.15) is 11.6 Å². The molecule has 20 heavy (non-hydrogen) atoms. The summed E-state index contributed by atoms with van der Waals surface area (Å²) < 4.78 is 0. The second kappa shape index (κ2) is 5.97. The van der Waals surface area contributed by atoms with Crippen LogP contribution < -0.4 is 5.73 Å². The summed E-state index contributed by atoms with van der Waals surface area (Å²) >= 11 is 7.59. The molecule has 106 valence electrons. The van der Waals surface area contributed by atoms with Crippen LogP contribution in [0.4, 0.5) is 5.95 Å². The van der Waals surface area contributed by atoms with Gasteiger partial charge in [0.05, 0.1) is 5.75 Å². The van der Waals surface area contributed by atoms with Crippen molar-refractivity contribution in [1.82, 2.24) is 15.0 Å². The Bertz CT molecular complexity index is 610. The lowest BCUT2D eigenvalue weighted by molar-refractivity contribution is 0.539. The molecule has 2 N–H and O–H groups in total. The zero-order chi connectivity index (χ0) is 14.8. The summed E-state index contributed by atoms with van der Waals surface area (Å²) in [6, 6.07) is 7.70. The SMILES string of the molecule is CC(C)(C)c1nc(N)nc(CSc2cccc(Cl)c2)n1. The molecule has 2 aromatic rings. The maximum absolute atomic E-state index is 5.96. The molecule has 1 aromatic heterocycles. The molecule has 0 amide bonds. The molecule has 0 fully saturated rings. The van der Waals surface area contributed by atoms with E-state index < -0.39 is 0 Å². The lowest BCUT2D eigenvalue weighted by atomic mass is 9.96. The Hall–Kier alpha value is -1.33. The van der Waals surface area contributed by atoms with Crippen LogP contribution in [0, 0.1) is 0 Å². The fraction of sp³-hybridized carbons (Fsp3) is 0.357. The van der Waals surface area contributed by atoms with Gasteiger partial charge in [-0.3, -0.25) is 0 Å². The van der Waals surface area contributed by atoms with E-state index in [-0.39, 0.29) is 11.4 Å². The van der Waals surface area contributed by atoms with Crippen molar-refractivity contribution in [3.05, 3.63) is 40.9 Å². The number of aromatic nitrogens is 3. The van der Waals surface area contributed by atoms with Gasteiger partial charge >= 0.3 is 0 Å². The molecule has 0 saturated carbocycles. The first-order chi connectivity index (χ1) is 9.34. The maximum atomic E-state index is 5.96. The van der Waals surface area contributed by atoms with E-state index in [0.717, 1.165) is 9.92 Å². The minimum absolute atomic E-state index is 0.146. The van der Waals surface area contributed by atoms with E-state index in [1.165, 1.54) is 0 Å². The first-order valence-electron chi connectivity index (χ1n) is 6.24. The zero-order valence-corrected chi connectivity index (χ0v) is 13.3. The summed E-state index contributed by atoms with van der Waals surface area (Å²) in [5.74, 6) is 2.31. The molecule has 1 heterocycles. The summed E-state index contributed by atoms with van der Waals surface area (Å²) in [6.45, 7) is 6.15. The predicted octanol–water partition coefficient (Wildman–Crippen LogP) is 3.70. The summed E-state index contributed by atoms with van der Waals surface area (Å²) in [5, 5.41) is 0.723. The quantitative estimate of drug-likeness (QED) is 0.876. The predicted molar refractivity (Wildman–Crippen MR) is 84.0 cm³/mol. The highest BCUT2D eigenvalue weighted by molar-refractivity contribution is 7.98. The lowest BCUT2D eigenvalue weighted by Gasteiger charge is -2.17. The Balaban J connectivity index is 2.16. The van der Waals surface area contributed by atoms with Crippen LogP contribution in [0.3, 0.4) is 0 Å². The van der Waals surface area contributed by atoms with Gasteiger partial charge in [-0.15, -0.1) is 11.8 Å². The van der Waals surface area contributed by atoms with Gasteiger partial charge in [-0.05, 0) is 18.2 Å². The smallest absolute Gasteiger partial charge is 0.223 e. The Morgan fingerprint density at radius 3 is 2.60 bits per heavy atom. The molecule has 0 unspecified atom stereocenters. The zero-order valence-electron chi connectivity index (χ0n) is 11.7. The average molecular weight is 309 g/mol. The van der Waals surface area contributed by atoms with E-state index in [9.17, 15) is 0 Å². The number of nitrogens with two attached hydrogens (primary N) is 1. The van der Waals surface area contributed by atoms with Crippen LogP contribution in [-0.2, 0) is 11.2 Å². The van der Waals surface area contributed by atoms with Gasteiger partial charge in [-0.25, -0.2) is 4.98 Å². The number of anilines is 1. The first kappa shape index (κ1) is 15.1. The fourth-order valence-electron chi connectivity index (χ4n) is 1.54. The summed E-state index contributed by atoms with van der Waals surface area (Å²) in [7, 11) is 0. The molecule has 0 saturated heterocycles. The summed E-state index contributed by atoms with van der Waals surface area (Å²) in [5.41, 5.74) is 5.61. The van der Waals surface area contributed by atoms with Crippen LogP contribution >= 0.6 is 23.4 Å². The first-order valence-corrected chi connectivity index (χ1v) is 7.60. The Labute approximate surface area is 128 Å². The Morgan fingerprint density at radius 1 is 1.20 bits per heavy atom. The van der Waals surface area contributed by atoms with Gasteiger partial charge in [0.15, 0.2) is 0 Å². The van der Waals surface area contributed by atoms with E-state index in [1.807, 2.05) is 24.3 Å². The monoisotopic (exact) mass is 308 g/mol. The number of rotatable bonds is 3. The number of nitrogens with zero attached hydrogens (tertiary/aromatic N) is 3. The number of benzene rings is 1. The highest BCUT2D eigenvalue weighted by Gasteiger charge is 2.19. The van der Waals surface area contributed by atoms with Gasteiger partial charge in [-0.1, -0.05) is 38.4 Å². The van der Waals surface area contributed by atoms with Crippen molar-refractivity contribution in [2.75, 3.05) is 5.73 Å². The molecular weight excluding hydrogens is 292 g/mol. The second-order valence-corrected chi connectivity index (χ2v) is 6.91. The molecule has 0 atom stereocenters. The standard InChI is InChI=1S/C14H17ClN4S/c1-14(2,3)12-17-11(18-13(16)19-12)8-20-10-6-4-5-9(15)7-10/h4-7H,8H2,1-3H3,(H2,16,17,18,19). The molecule has 0 bridgehead atoms. The van der Waals surface area contributed by atoms with E-state index in [0.29, 0.717) is 17.4 Å². The van der Waals surface area contributed by atoms with Crippen molar-refractivity contribution in [3.63, 3.8) is 0 Å². The van der Waals surface area contributed by atoms with Crippen LogP contribution in [0.25, 0.3) is 0 Å². The number of halogens is 1. The number of hydrogen-bond acceptors (Lipinski definition) is 5. The van der Waals surface area contributed by atoms with Gasteiger partial charge in [0, 0.05) is 15.3 Å². The van der Waals surface area contributed by atoms with Gasteiger partial charge in [-0.2, -0.15) is 9.97 Å². The van der Waals surface area contributed by atoms with Crippen LogP contribution in [0.5, 0.6) is 0 Å². The third-order valence-corrected chi connectivity index (χ3v) is 3.76. The highest BCUT2D eigenvalue weighted by Crippen LogP contribution is 2.25. The third-order valence-electron chi connectivity index (χ3n) is 2.53. The van der Waals surface area contributed by atoms with Crippen molar-refractivity contribution >= 4 is 29.3 Å². The van der Waals surface area contributed by atoms with Crippen molar-refractivity contribution in [1.29, 1.82) is 0 Å². The average Bonchev–Trinajstić information content (AvgIpc) is 2.35. The van der Waals surface area contributed by atoms with Crippen LogP contribution in [-0.4, -0.2) is 15.0 Å². The molecule has 0 aliphatic carbocycles. The molecule has 2 rings (SSSR count). The number of thioether (sulfide) groups is 1. The van der Waals surface area contributed by atoms with Crippen molar-refractivity contribution in [3.8, 4) is 0 Å². The van der Waals surface area contributed by atoms with Gasteiger partial charge in [0.2, 0.25) is 5.95 Å². The van der Waals surface area contributed by atoms with E-state index in [4.69, 9.17) is 17.3 Å². The fourth-order valence-corrected chi connectivity index (χ4v) is 2.61. The molecule has 1 aromatic carbocycles. The Kier molecular flexibility index (Phi) is 4.50. The topological polar surface area (TPSA) is 64.7 Å². The minimum Gasteiger partial charge on any atom is -0.368 e. The molecule has 0 aliphatic heterocycles. The summed E-state index contributed by atoms with van der Waals surface area (Å²) in [4.78, 5) is 13.9. The normalized spacial score (nSPS) is 11.6. The lowest BCUT2D eigenvalue weighted by Crippen LogP contribution is -2.19. The van der Waals surface area contributed by atoms with Gasteiger partial charge < -0.3 is 5.73 Å². The molecule has 0 spiro atoms. The largest absolute Gasteiger partial charge is 0.368 e. The molecular formula is C14H17ClN4S. The van der Waals surface area contributed by atoms with Gasteiger partial charge in [0.25, 0.3) is 0 Å². The third kappa shape index (κ3) is 4.08. The van der Waals surface area contributed by atoms with Crippen molar-refractivity contribution < 1.29 is 0 Å². The molecule has 6 heteroatoms. The highest BCUT2D eigenvalue weighted by atomic mass is 35.5. The maximum Gasteiger partial charge on any atom is 0.223 e. The van der Waals surface area contributed by atoms with Crippen LogP contribution in [0.2, 0.25) is 5.02 Å². The van der Waals surface area contributed by atoms with E-state index >= 15 is 0 Å². The van der Waals surface area contributed by atoms with Crippen molar-refractivity contribution in [2.24, 2.45) is 0 Å². The second-order valence-electron chi connectivity index (χ2n) is 5.43. The Morgan fingerprint density at radius 2 is 1.95 bits per heavy atom. The van der Waals surface area contributed by atoms with Crippen LogP contribution in [0.15, 0.2) is 29.2 Å².